The molecule has 54 heavy (non-hydrogen) atoms. The van der Waals surface area contributed by atoms with Gasteiger partial charge in [-0.3, -0.25) is 29.8 Å². The lowest BCUT2D eigenvalue weighted by molar-refractivity contribution is -0.386. The van der Waals surface area contributed by atoms with Crippen molar-refractivity contribution in [2.24, 2.45) is 0 Å². The van der Waals surface area contributed by atoms with Crippen LogP contribution in [0.1, 0.15) is 75.7 Å². The zero-order chi connectivity index (χ0) is 40.2. The van der Waals surface area contributed by atoms with Gasteiger partial charge in [0.2, 0.25) is 5.91 Å². The summed E-state index contributed by atoms with van der Waals surface area (Å²) in [5, 5.41) is 25.9. The van der Waals surface area contributed by atoms with Gasteiger partial charge in [0.25, 0.3) is 11.4 Å². The minimum Gasteiger partial charge on any atom is -0.493 e. The van der Waals surface area contributed by atoms with E-state index >= 15 is 0 Å². The van der Waals surface area contributed by atoms with Gasteiger partial charge < -0.3 is 38.5 Å². The number of amides is 1. The molecular weight excluding hydrogens is 714 g/mol. The predicted molar refractivity (Wildman–Crippen MR) is 191 cm³/mol. The molecule has 0 heterocycles. The summed E-state index contributed by atoms with van der Waals surface area (Å²) in [5.74, 6) is -1.28. The molecular formula is C36H45N3O15. The highest BCUT2D eigenvalue weighted by atomic mass is 16.6. The van der Waals surface area contributed by atoms with E-state index in [9.17, 15) is 39.4 Å². The van der Waals surface area contributed by atoms with Gasteiger partial charge in [-0.2, -0.15) is 0 Å². The largest absolute Gasteiger partial charge is 0.493 e. The maximum absolute atomic E-state index is 12.3. The van der Waals surface area contributed by atoms with Gasteiger partial charge in [-0.05, 0) is 45.2 Å². The lowest BCUT2D eigenvalue weighted by Crippen LogP contribution is -2.26. The Morgan fingerprint density at radius 2 is 1.13 bits per heavy atom. The molecule has 0 spiro atoms. The summed E-state index contributed by atoms with van der Waals surface area (Å²) in [6.07, 6.45) is 1.54. The molecule has 2 aromatic rings. The smallest absolute Gasteiger partial charge is 0.330 e. The predicted octanol–water partition coefficient (Wildman–Crippen LogP) is 5.56. The first kappa shape index (κ1) is 44.1. The quantitative estimate of drug-likeness (QED) is 0.0309. The Kier molecular flexibility index (Phi) is 18.6. The summed E-state index contributed by atoms with van der Waals surface area (Å²) < 4.78 is 37.5. The van der Waals surface area contributed by atoms with E-state index in [1.54, 1.807) is 0 Å². The number of nitro benzene ring substituents is 2. The van der Waals surface area contributed by atoms with E-state index in [-0.39, 0.29) is 109 Å². The van der Waals surface area contributed by atoms with Crippen LogP contribution >= 0.6 is 0 Å². The van der Waals surface area contributed by atoms with E-state index < -0.39 is 34.0 Å². The van der Waals surface area contributed by atoms with Crippen LogP contribution in [0.25, 0.3) is 0 Å². The van der Waals surface area contributed by atoms with Crippen LogP contribution in [0.3, 0.4) is 0 Å². The first-order chi connectivity index (χ1) is 25.8. The fourth-order valence-corrected chi connectivity index (χ4v) is 4.87. The van der Waals surface area contributed by atoms with Gasteiger partial charge in [0.15, 0.2) is 23.0 Å². The van der Waals surface area contributed by atoms with Crippen LogP contribution in [0, 0.1) is 20.2 Å². The van der Waals surface area contributed by atoms with Crippen molar-refractivity contribution in [3.8, 4) is 23.0 Å². The first-order valence-electron chi connectivity index (χ1n) is 16.8. The van der Waals surface area contributed by atoms with Crippen molar-refractivity contribution < 1.29 is 62.2 Å². The molecule has 2 aromatic carbocycles. The molecule has 2 unspecified atom stereocenters. The number of ketones is 1. The third kappa shape index (κ3) is 14.2. The number of esters is 2. The number of methoxy groups -OCH3 is 2. The molecule has 18 nitrogen and oxygen atoms in total. The van der Waals surface area contributed by atoms with Crippen LogP contribution in [0.4, 0.5) is 11.4 Å². The number of hydrogen-bond donors (Lipinski definition) is 1. The molecule has 18 heteroatoms. The van der Waals surface area contributed by atoms with Crippen LogP contribution in [0.2, 0.25) is 0 Å². The SMILES string of the molecule is C=CC(=O)OC(C)c1cc(OC)c(OCCCC(=O)CCCOCNC(=O)CCCOc2cc([N+](=O)[O-])c(C(C)OC(=O)C=C)cc2OC)cc1[N+](=O)[O-]. The van der Waals surface area contributed by atoms with Gasteiger partial charge in [-0.25, -0.2) is 9.59 Å². The summed E-state index contributed by atoms with van der Waals surface area (Å²) >= 11 is 0. The van der Waals surface area contributed by atoms with Crippen molar-refractivity contribution >= 4 is 35.0 Å². The highest BCUT2D eigenvalue weighted by Gasteiger charge is 2.27. The summed E-state index contributed by atoms with van der Waals surface area (Å²) in [7, 11) is 2.71. The van der Waals surface area contributed by atoms with Gasteiger partial charge in [-0.15, -0.1) is 0 Å². The maximum Gasteiger partial charge on any atom is 0.330 e. The Labute approximate surface area is 311 Å². The van der Waals surface area contributed by atoms with Gasteiger partial charge in [-0.1, -0.05) is 13.2 Å². The number of carbonyl (C=O) groups excluding carboxylic acids is 4. The number of ether oxygens (including phenoxy) is 7. The van der Waals surface area contributed by atoms with Crippen molar-refractivity contribution in [3.63, 3.8) is 0 Å². The van der Waals surface area contributed by atoms with Gasteiger partial charge >= 0.3 is 11.9 Å². The van der Waals surface area contributed by atoms with Crippen molar-refractivity contribution in [3.05, 3.63) is 80.9 Å². The van der Waals surface area contributed by atoms with E-state index in [0.29, 0.717) is 12.8 Å². The minimum absolute atomic E-state index is 0.0420. The maximum atomic E-state index is 12.3. The Morgan fingerprint density at radius 3 is 1.54 bits per heavy atom. The Morgan fingerprint density at radius 1 is 0.704 bits per heavy atom. The first-order valence-corrected chi connectivity index (χ1v) is 16.8. The number of hydrogen-bond acceptors (Lipinski definition) is 15. The molecule has 0 radical (unpaired) electrons. The van der Waals surface area contributed by atoms with Crippen molar-refractivity contribution in [1.82, 2.24) is 5.32 Å². The number of benzene rings is 2. The third-order valence-electron chi connectivity index (χ3n) is 7.59. The second-order valence-corrected chi connectivity index (χ2v) is 11.4. The fourth-order valence-electron chi connectivity index (χ4n) is 4.87. The van der Waals surface area contributed by atoms with E-state index in [2.05, 4.69) is 18.5 Å². The van der Waals surface area contributed by atoms with Crippen LogP contribution in [0.5, 0.6) is 23.0 Å². The van der Waals surface area contributed by atoms with E-state index in [1.807, 2.05) is 0 Å². The number of carbonyl (C=O) groups is 4. The monoisotopic (exact) mass is 759 g/mol. The normalized spacial score (nSPS) is 11.6. The standard InChI is InChI=1S/C36H45N3O15/c1-7-35(42)53-23(3)26-18-30(48-5)32(20-28(26)38(44)45)51-16-10-13-25(40)12-9-15-50-22-37-34(41)14-11-17-52-33-21-29(39(46)47)27(19-31(33)49-6)24(4)54-36(43)8-2/h7-8,18-21,23-24H,1-2,9-17,22H2,3-6H3,(H,37,41). The highest BCUT2D eigenvalue weighted by Crippen LogP contribution is 2.40. The lowest BCUT2D eigenvalue weighted by Gasteiger charge is -2.16. The molecule has 0 aliphatic rings. The van der Waals surface area contributed by atoms with E-state index in [0.717, 1.165) is 12.2 Å². The second-order valence-electron chi connectivity index (χ2n) is 11.4. The molecule has 0 aromatic heterocycles. The molecule has 0 saturated carbocycles. The average molecular weight is 760 g/mol. The molecule has 1 N–H and O–H groups in total. The Hall–Kier alpha value is -6.04. The van der Waals surface area contributed by atoms with Crippen LogP contribution < -0.4 is 24.3 Å². The highest BCUT2D eigenvalue weighted by molar-refractivity contribution is 5.82. The van der Waals surface area contributed by atoms with Crippen LogP contribution in [0.15, 0.2) is 49.6 Å². The molecule has 2 atom stereocenters. The molecule has 0 fully saturated rings. The van der Waals surface area contributed by atoms with Crippen LogP contribution in [-0.2, 0) is 33.4 Å². The van der Waals surface area contributed by atoms with Crippen molar-refractivity contribution in [1.29, 1.82) is 0 Å². The topological polar surface area (TPSA) is 231 Å². The van der Waals surface area contributed by atoms with Gasteiger partial charge in [0.1, 0.15) is 24.7 Å². The van der Waals surface area contributed by atoms with Gasteiger partial charge in [0, 0.05) is 38.0 Å². The van der Waals surface area contributed by atoms with E-state index in [4.69, 9.17) is 33.2 Å². The molecule has 0 bridgehead atoms. The lowest BCUT2D eigenvalue weighted by atomic mass is 10.1. The summed E-state index contributed by atoms with van der Waals surface area (Å²) in [4.78, 5) is 69.7. The molecule has 2 rings (SSSR count). The van der Waals surface area contributed by atoms with Gasteiger partial charge in [0.05, 0.1) is 60.5 Å². The summed E-state index contributed by atoms with van der Waals surface area (Å²) in [6, 6.07) is 5.07. The second kappa shape index (κ2) is 22.8. The Balaban J connectivity index is 1.69. The zero-order valence-corrected chi connectivity index (χ0v) is 30.6. The average Bonchev–Trinajstić information content (AvgIpc) is 3.15. The summed E-state index contributed by atoms with van der Waals surface area (Å²) in [6.45, 7) is 9.86. The molecule has 0 aliphatic carbocycles. The number of Topliss-reactive ketones (excluding diaryl/α,β-unsaturated/α-hetero) is 1. The molecule has 0 aliphatic heterocycles. The zero-order valence-electron chi connectivity index (χ0n) is 30.6. The summed E-state index contributed by atoms with van der Waals surface area (Å²) in [5.41, 5.74) is -0.445. The number of nitrogens with one attached hydrogen (secondary N) is 1. The van der Waals surface area contributed by atoms with E-state index in [1.165, 1.54) is 52.3 Å². The Bertz CT molecular complexity index is 1560. The van der Waals surface area contributed by atoms with Crippen molar-refractivity contribution in [2.75, 3.05) is 40.8 Å². The number of rotatable bonds is 26. The van der Waals surface area contributed by atoms with Crippen molar-refractivity contribution in [2.45, 2.75) is 64.6 Å². The molecule has 0 saturated heterocycles. The molecule has 294 valence electrons. The van der Waals surface area contributed by atoms with Crippen LogP contribution in [-0.4, -0.2) is 74.2 Å². The number of nitrogens with zero attached hydrogens (tertiary/aromatic N) is 2. The number of nitro groups is 2. The minimum atomic E-state index is -0.955. The fraction of sp³-hybridized carbons (Fsp3) is 0.444. The molecule has 1 amide bonds. The third-order valence-corrected chi connectivity index (χ3v) is 7.59.